The Hall–Kier alpha value is -7.59. The third kappa shape index (κ3) is 3.95. The van der Waals surface area contributed by atoms with Crippen LogP contribution in [0.4, 0.5) is 0 Å². The fraction of sp³-hybridized carbons (Fsp3) is 0. The van der Waals surface area contributed by atoms with Gasteiger partial charge in [-0.2, -0.15) is 15.8 Å². The molecule has 3 aromatic heterocycles. The Balaban J connectivity index is 1.20. The van der Waals surface area contributed by atoms with Crippen LogP contribution in [0.1, 0.15) is 16.7 Å². The molecule has 0 aliphatic heterocycles. The van der Waals surface area contributed by atoms with Gasteiger partial charge >= 0.3 is 0 Å². The van der Waals surface area contributed by atoms with E-state index < -0.39 is 0 Å². The number of para-hydroxylation sites is 4. The highest BCUT2D eigenvalue weighted by molar-refractivity contribution is 6.17. The lowest BCUT2D eigenvalue weighted by Crippen LogP contribution is -2.04. The van der Waals surface area contributed by atoms with Crippen LogP contribution in [0.3, 0.4) is 0 Å². The summed E-state index contributed by atoms with van der Waals surface area (Å²) >= 11 is 0. The maximum atomic E-state index is 10.7. The molecule has 0 unspecified atom stereocenters. The number of aromatic nitrogens is 2. The molecule has 10 aromatic rings. The average molecular weight is 650 g/mol. The minimum absolute atomic E-state index is 0.164. The van der Waals surface area contributed by atoms with Crippen molar-refractivity contribution in [2.75, 3.05) is 0 Å². The first-order valence-electron chi connectivity index (χ1n) is 16.5. The van der Waals surface area contributed by atoms with Crippen molar-refractivity contribution < 1.29 is 4.42 Å². The lowest BCUT2D eigenvalue weighted by Gasteiger charge is -2.16. The molecule has 0 N–H and O–H groups in total. The molecule has 7 aromatic carbocycles. The predicted octanol–water partition coefficient (Wildman–Crippen LogP) is 11.1. The third-order valence-electron chi connectivity index (χ3n) is 10.1. The maximum absolute atomic E-state index is 10.7. The first kappa shape index (κ1) is 28.4. The summed E-state index contributed by atoms with van der Waals surface area (Å²) < 4.78 is 10.5. The van der Waals surface area contributed by atoms with Crippen LogP contribution < -0.4 is 0 Å². The number of fused-ring (bicyclic) bond motifs is 9. The number of hydrogen-bond acceptors (Lipinski definition) is 4. The van der Waals surface area contributed by atoms with Gasteiger partial charge in [-0.3, -0.25) is 0 Å². The van der Waals surface area contributed by atoms with Crippen LogP contribution in [0, 0.1) is 34.0 Å². The fourth-order valence-electron chi connectivity index (χ4n) is 7.88. The molecule has 0 aliphatic carbocycles. The molecule has 0 amide bonds. The zero-order valence-corrected chi connectivity index (χ0v) is 26.9. The number of furan rings is 1. The molecule has 0 atom stereocenters. The van der Waals surface area contributed by atoms with Crippen LogP contribution in [-0.4, -0.2) is 9.13 Å². The standard InChI is InChI=1S/C45H23N5O/c46-24-28-21-41(50-40-15-7-3-11-32(40)34-23-44-35(22-42(34)50)33-12-4-8-16-43(33)51-44)36(25-47)37(26-48)45(28)27-17-19-29(20-18-27)49-38-13-5-1-9-30(38)31-10-2-6-14-39(31)49/h1-23H. The van der Waals surface area contributed by atoms with Crippen LogP contribution in [0.2, 0.25) is 0 Å². The van der Waals surface area contributed by atoms with Crippen LogP contribution in [0.15, 0.2) is 144 Å². The lowest BCUT2D eigenvalue weighted by atomic mass is 9.90. The molecule has 0 saturated carbocycles. The van der Waals surface area contributed by atoms with E-state index in [2.05, 4.69) is 53.1 Å². The van der Waals surface area contributed by atoms with Gasteiger partial charge in [0.2, 0.25) is 0 Å². The molecule has 0 fully saturated rings. The molecule has 10 rings (SSSR count). The van der Waals surface area contributed by atoms with E-state index in [1.807, 2.05) is 108 Å². The molecule has 51 heavy (non-hydrogen) atoms. The van der Waals surface area contributed by atoms with Crippen molar-refractivity contribution in [2.24, 2.45) is 0 Å². The normalized spacial score (nSPS) is 11.5. The van der Waals surface area contributed by atoms with Crippen LogP contribution in [0.5, 0.6) is 0 Å². The van der Waals surface area contributed by atoms with Gasteiger partial charge in [-0.1, -0.05) is 84.9 Å². The van der Waals surface area contributed by atoms with E-state index in [1.165, 1.54) is 0 Å². The average Bonchev–Trinajstić information content (AvgIpc) is 3.83. The quantitative estimate of drug-likeness (QED) is 0.190. The number of rotatable bonds is 3. The highest BCUT2D eigenvalue weighted by atomic mass is 16.3. The number of hydrogen-bond donors (Lipinski definition) is 0. The first-order valence-corrected chi connectivity index (χ1v) is 16.5. The SMILES string of the molecule is N#Cc1cc(-n2c3ccccc3c3cc4oc5ccccc5c4cc32)c(C#N)c(C#N)c1-c1ccc(-n2c3ccccc3c3ccccc32)cc1. The fourth-order valence-corrected chi connectivity index (χ4v) is 7.88. The van der Waals surface area contributed by atoms with Gasteiger partial charge in [-0.25, -0.2) is 0 Å². The van der Waals surface area contributed by atoms with Gasteiger partial charge in [0, 0.05) is 43.6 Å². The second-order valence-electron chi connectivity index (χ2n) is 12.6. The Kier molecular flexibility index (Phi) is 5.97. The van der Waals surface area contributed by atoms with E-state index >= 15 is 0 Å². The summed E-state index contributed by atoms with van der Waals surface area (Å²) in [6.07, 6.45) is 0. The monoisotopic (exact) mass is 649 g/mol. The Bertz CT molecular complexity index is 3170. The summed E-state index contributed by atoms with van der Waals surface area (Å²) in [4.78, 5) is 0. The summed E-state index contributed by atoms with van der Waals surface area (Å²) in [7, 11) is 0. The molecule has 0 radical (unpaired) electrons. The van der Waals surface area contributed by atoms with Crippen LogP contribution in [-0.2, 0) is 0 Å². The first-order chi connectivity index (χ1) is 25.2. The molecule has 0 aliphatic rings. The Labute approximate surface area is 291 Å². The Morgan fingerprint density at radius 3 is 1.63 bits per heavy atom. The highest BCUT2D eigenvalue weighted by Crippen LogP contribution is 2.41. The second kappa shape index (κ2) is 10.7. The topological polar surface area (TPSA) is 94.4 Å². The molecular weight excluding hydrogens is 627 g/mol. The van der Waals surface area contributed by atoms with Gasteiger partial charge in [0.15, 0.2) is 0 Å². The van der Waals surface area contributed by atoms with E-state index in [-0.39, 0.29) is 11.1 Å². The van der Waals surface area contributed by atoms with Crippen molar-refractivity contribution in [3.8, 4) is 40.7 Å². The third-order valence-corrected chi connectivity index (χ3v) is 10.1. The van der Waals surface area contributed by atoms with Crippen molar-refractivity contribution in [3.63, 3.8) is 0 Å². The summed E-state index contributed by atoms with van der Waals surface area (Å²) in [6, 6.07) is 53.3. The van der Waals surface area contributed by atoms with Crippen molar-refractivity contribution >= 4 is 65.6 Å². The predicted molar refractivity (Wildman–Crippen MR) is 202 cm³/mol. The second-order valence-corrected chi connectivity index (χ2v) is 12.6. The van der Waals surface area contributed by atoms with Gasteiger partial charge in [-0.15, -0.1) is 0 Å². The van der Waals surface area contributed by atoms with Crippen LogP contribution in [0.25, 0.3) is 88.1 Å². The van der Waals surface area contributed by atoms with Gasteiger partial charge in [-0.05, 0) is 60.2 Å². The molecule has 0 bridgehead atoms. The largest absolute Gasteiger partial charge is 0.456 e. The van der Waals surface area contributed by atoms with E-state index in [4.69, 9.17) is 4.42 Å². The molecule has 0 spiro atoms. The van der Waals surface area contributed by atoms with Gasteiger partial charge in [0.05, 0.1) is 50.5 Å². The number of nitriles is 3. The lowest BCUT2D eigenvalue weighted by molar-refractivity contribution is 0.669. The maximum Gasteiger partial charge on any atom is 0.136 e. The minimum atomic E-state index is 0.164. The number of nitrogens with zero attached hydrogens (tertiary/aromatic N) is 5. The van der Waals surface area contributed by atoms with E-state index in [0.29, 0.717) is 22.4 Å². The van der Waals surface area contributed by atoms with E-state index in [9.17, 15) is 15.8 Å². The summed E-state index contributed by atoms with van der Waals surface area (Å²) in [5.74, 6) is 0. The minimum Gasteiger partial charge on any atom is -0.456 e. The van der Waals surface area contributed by atoms with Crippen molar-refractivity contribution in [1.82, 2.24) is 9.13 Å². The van der Waals surface area contributed by atoms with Crippen molar-refractivity contribution in [1.29, 1.82) is 15.8 Å². The van der Waals surface area contributed by atoms with Crippen molar-refractivity contribution in [2.45, 2.75) is 0 Å². The molecule has 3 heterocycles. The van der Waals surface area contributed by atoms with Gasteiger partial charge in [0.1, 0.15) is 23.3 Å². The highest BCUT2D eigenvalue weighted by Gasteiger charge is 2.24. The molecule has 0 saturated heterocycles. The zero-order chi connectivity index (χ0) is 34.2. The Morgan fingerprint density at radius 1 is 0.431 bits per heavy atom. The Morgan fingerprint density at radius 2 is 1.00 bits per heavy atom. The van der Waals surface area contributed by atoms with Gasteiger partial charge in [0.25, 0.3) is 0 Å². The summed E-state index contributed by atoms with van der Waals surface area (Å²) in [5.41, 5.74) is 8.68. The smallest absolute Gasteiger partial charge is 0.136 e. The number of benzene rings is 7. The van der Waals surface area contributed by atoms with E-state index in [0.717, 1.165) is 71.2 Å². The van der Waals surface area contributed by atoms with E-state index in [1.54, 1.807) is 6.07 Å². The van der Waals surface area contributed by atoms with Crippen molar-refractivity contribution in [3.05, 3.63) is 156 Å². The molecule has 234 valence electrons. The molecule has 6 nitrogen and oxygen atoms in total. The summed E-state index contributed by atoms with van der Waals surface area (Å²) in [5, 5.41) is 38.2. The van der Waals surface area contributed by atoms with Gasteiger partial charge < -0.3 is 13.6 Å². The molecule has 6 heteroatoms. The zero-order valence-electron chi connectivity index (χ0n) is 26.9. The van der Waals surface area contributed by atoms with Crippen LogP contribution >= 0.6 is 0 Å². The molecular formula is C45H23N5O. The summed E-state index contributed by atoms with van der Waals surface area (Å²) in [6.45, 7) is 0.